The zero-order chi connectivity index (χ0) is 18.1. The smallest absolute Gasteiger partial charge is 0.226 e. The van der Waals surface area contributed by atoms with E-state index in [4.69, 9.17) is 0 Å². The van der Waals surface area contributed by atoms with Gasteiger partial charge in [-0.25, -0.2) is 0 Å². The molecule has 0 spiro atoms. The maximum atomic E-state index is 12.3. The Hall–Kier alpha value is -0.790. The van der Waals surface area contributed by atoms with Gasteiger partial charge in [0.2, 0.25) is 5.91 Å². The molecule has 1 unspecified atom stereocenters. The normalized spacial score (nSPS) is 49.6. The first-order valence-electron chi connectivity index (χ1n) is 10.7. The molecular formula is C23H37NO. The van der Waals surface area contributed by atoms with Crippen molar-refractivity contribution in [2.75, 3.05) is 7.05 Å². The standard InChI is InChI=1S/C23H37NO/c1-14(2)16-7-8-17-21-15(3)13-19-23(5,12-10-20(25)24(19)6)18(21)9-11-22(16,17)4/h13-18,21H,7-12H2,1-6H3/t15?,16-,17+,18+,21+,22-,23-/m1/s1. The topological polar surface area (TPSA) is 20.3 Å². The minimum atomic E-state index is 0.219. The molecule has 0 aromatic rings. The number of likely N-dealkylation sites (tertiary alicyclic amines) is 1. The van der Waals surface area contributed by atoms with E-state index in [1.54, 1.807) is 0 Å². The minimum Gasteiger partial charge on any atom is -0.319 e. The maximum absolute atomic E-state index is 12.3. The highest BCUT2D eigenvalue weighted by atomic mass is 16.2. The van der Waals surface area contributed by atoms with Crippen molar-refractivity contribution in [3.05, 3.63) is 11.8 Å². The molecule has 7 atom stereocenters. The number of amides is 1. The summed E-state index contributed by atoms with van der Waals surface area (Å²) in [7, 11) is 2.01. The fourth-order valence-electron chi connectivity index (χ4n) is 8.02. The third-order valence-corrected chi connectivity index (χ3v) is 9.24. The second-order valence-electron chi connectivity index (χ2n) is 10.5. The summed E-state index contributed by atoms with van der Waals surface area (Å²) in [5.74, 6) is 5.10. The Morgan fingerprint density at radius 1 is 1.12 bits per heavy atom. The maximum Gasteiger partial charge on any atom is 0.226 e. The summed E-state index contributed by atoms with van der Waals surface area (Å²) >= 11 is 0. The van der Waals surface area contributed by atoms with Crippen LogP contribution in [0.4, 0.5) is 0 Å². The number of rotatable bonds is 1. The first-order valence-corrected chi connectivity index (χ1v) is 10.7. The second-order valence-corrected chi connectivity index (χ2v) is 10.5. The van der Waals surface area contributed by atoms with Gasteiger partial charge >= 0.3 is 0 Å². The number of fused-ring (bicyclic) bond motifs is 5. The Balaban J connectivity index is 1.74. The molecule has 25 heavy (non-hydrogen) atoms. The predicted octanol–water partition coefficient (Wildman–Crippen LogP) is 5.49. The summed E-state index contributed by atoms with van der Waals surface area (Å²) < 4.78 is 0. The Morgan fingerprint density at radius 2 is 1.84 bits per heavy atom. The number of hydrogen-bond donors (Lipinski definition) is 0. The van der Waals surface area contributed by atoms with Gasteiger partial charge in [0.25, 0.3) is 0 Å². The van der Waals surface area contributed by atoms with Crippen LogP contribution < -0.4 is 0 Å². The summed E-state index contributed by atoms with van der Waals surface area (Å²) in [6.45, 7) is 12.4. The van der Waals surface area contributed by atoms with Gasteiger partial charge in [0, 0.05) is 24.6 Å². The van der Waals surface area contributed by atoms with Crippen LogP contribution in [0.25, 0.3) is 0 Å². The van der Waals surface area contributed by atoms with E-state index in [0.29, 0.717) is 17.2 Å². The van der Waals surface area contributed by atoms with Gasteiger partial charge in [0.1, 0.15) is 0 Å². The highest BCUT2D eigenvalue weighted by molar-refractivity contribution is 5.79. The van der Waals surface area contributed by atoms with Crippen molar-refractivity contribution in [1.82, 2.24) is 4.90 Å². The fraction of sp³-hybridized carbons (Fsp3) is 0.870. The lowest BCUT2D eigenvalue weighted by molar-refractivity contribution is -0.137. The number of carbonyl (C=O) groups excluding carboxylic acids is 1. The molecular weight excluding hydrogens is 306 g/mol. The van der Waals surface area contributed by atoms with Crippen LogP contribution in [0.5, 0.6) is 0 Å². The van der Waals surface area contributed by atoms with Gasteiger partial charge in [-0.05, 0) is 73.0 Å². The number of nitrogens with zero attached hydrogens (tertiary/aromatic N) is 1. The van der Waals surface area contributed by atoms with Gasteiger partial charge in [-0.2, -0.15) is 0 Å². The molecule has 3 fully saturated rings. The summed E-state index contributed by atoms with van der Waals surface area (Å²) in [6, 6.07) is 0. The molecule has 0 aromatic heterocycles. The van der Waals surface area contributed by atoms with E-state index in [1.807, 2.05) is 11.9 Å². The van der Waals surface area contributed by atoms with Crippen LogP contribution in [0.2, 0.25) is 0 Å². The van der Waals surface area contributed by atoms with Crippen molar-refractivity contribution < 1.29 is 4.79 Å². The summed E-state index contributed by atoms with van der Waals surface area (Å²) in [5.41, 5.74) is 2.11. The molecule has 140 valence electrons. The molecule has 4 aliphatic rings. The van der Waals surface area contributed by atoms with Crippen molar-refractivity contribution in [2.45, 2.75) is 73.1 Å². The van der Waals surface area contributed by atoms with Crippen LogP contribution in [-0.2, 0) is 4.79 Å². The molecule has 0 radical (unpaired) electrons. The first-order chi connectivity index (χ1) is 11.7. The molecule has 2 heteroatoms. The molecule has 0 aromatic carbocycles. The molecule has 4 rings (SSSR count). The monoisotopic (exact) mass is 343 g/mol. The average molecular weight is 344 g/mol. The molecule has 1 amide bonds. The third kappa shape index (κ3) is 2.24. The van der Waals surface area contributed by atoms with Gasteiger partial charge in [0.05, 0.1) is 0 Å². The van der Waals surface area contributed by atoms with Crippen molar-refractivity contribution in [1.29, 1.82) is 0 Å². The van der Waals surface area contributed by atoms with Crippen LogP contribution >= 0.6 is 0 Å². The van der Waals surface area contributed by atoms with Gasteiger partial charge in [-0.1, -0.05) is 40.7 Å². The van der Waals surface area contributed by atoms with Gasteiger partial charge in [-0.15, -0.1) is 0 Å². The second kappa shape index (κ2) is 5.60. The fourth-order valence-corrected chi connectivity index (χ4v) is 8.02. The number of hydrogen-bond acceptors (Lipinski definition) is 1. The van der Waals surface area contributed by atoms with Gasteiger partial charge < -0.3 is 4.90 Å². The van der Waals surface area contributed by atoms with Crippen molar-refractivity contribution in [3.8, 4) is 0 Å². The summed E-state index contributed by atoms with van der Waals surface area (Å²) in [6.07, 6.45) is 9.91. The molecule has 3 aliphatic carbocycles. The van der Waals surface area contributed by atoms with Crippen molar-refractivity contribution >= 4 is 5.91 Å². The van der Waals surface area contributed by atoms with Crippen LogP contribution in [0.3, 0.4) is 0 Å². The van der Waals surface area contributed by atoms with E-state index in [1.165, 1.54) is 31.4 Å². The molecule has 1 saturated heterocycles. The van der Waals surface area contributed by atoms with E-state index in [-0.39, 0.29) is 5.41 Å². The average Bonchev–Trinajstić information content (AvgIpc) is 2.91. The van der Waals surface area contributed by atoms with E-state index in [2.05, 4.69) is 40.7 Å². The summed E-state index contributed by atoms with van der Waals surface area (Å²) in [4.78, 5) is 14.3. The van der Waals surface area contributed by atoms with E-state index in [9.17, 15) is 4.79 Å². The lowest BCUT2D eigenvalue weighted by Crippen LogP contribution is -2.55. The Morgan fingerprint density at radius 3 is 2.52 bits per heavy atom. The van der Waals surface area contributed by atoms with Crippen LogP contribution in [0, 0.1) is 46.3 Å². The van der Waals surface area contributed by atoms with E-state index < -0.39 is 0 Å². The highest BCUT2D eigenvalue weighted by Crippen LogP contribution is 2.67. The zero-order valence-electron chi connectivity index (χ0n) is 17.1. The molecule has 2 nitrogen and oxygen atoms in total. The SMILES string of the molecule is CC1C=C2N(C)C(=O)CC[C@]2(C)[C@H]2CC[C@]3(C)[C@@H](C(C)C)CC[C@H]3[C@H]12. The molecule has 1 heterocycles. The van der Waals surface area contributed by atoms with E-state index >= 15 is 0 Å². The van der Waals surface area contributed by atoms with Gasteiger partial charge in [0.15, 0.2) is 0 Å². The quantitative estimate of drug-likeness (QED) is 0.616. The molecule has 1 aliphatic heterocycles. The van der Waals surface area contributed by atoms with Crippen molar-refractivity contribution in [2.24, 2.45) is 46.3 Å². The molecule has 0 bridgehead atoms. The van der Waals surface area contributed by atoms with Crippen molar-refractivity contribution in [3.63, 3.8) is 0 Å². The first kappa shape index (κ1) is 17.6. The predicted molar refractivity (Wildman–Crippen MR) is 103 cm³/mol. The Bertz CT molecular complexity index is 607. The number of piperidine rings is 1. The van der Waals surface area contributed by atoms with Crippen LogP contribution in [0.1, 0.15) is 73.1 Å². The third-order valence-electron chi connectivity index (χ3n) is 9.24. The zero-order valence-corrected chi connectivity index (χ0v) is 17.1. The number of carbonyl (C=O) groups is 1. The largest absolute Gasteiger partial charge is 0.319 e. The van der Waals surface area contributed by atoms with Crippen LogP contribution in [-0.4, -0.2) is 17.9 Å². The number of allylic oxidation sites excluding steroid dienone is 2. The lowest BCUT2D eigenvalue weighted by Gasteiger charge is -2.60. The Labute approximate surface area is 154 Å². The molecule has 0 N–H and O–H groups in total. The lowest BCUT2D eigenvalue weighted by atomic mass is 9.46. The molecule has 2 saturated carbocycles. The summed E-state index contributed by atoms with van der Waals surface area (Å²) in [5, 5.41) is 0. The van der Waals surface area contributed by atoms with Crippen LogP contribution in [0.15, 0.2) is 11.8 Å². The highest BCUT2D eigenvalue weighted by Gasteiger charge is 2.60. The van der Waals surface area contributed by atoms with E-state index in [0.717, 1.165) is 42.4 Å². The Kier molecular flexibility index (Phi) is 3.95. The minimum absolute atomic E-state index is 0.219. The van der Waals surface area contributed by atoms with Gasteiger partial charge in [-0.3, -0.25) is 4.79 Å².